The number of morpholine rings is 1. The van der Waals surface area contributed by atoms with Crippen LogP contribution in [0.15, 0.2) is 24.3 Å². The number of hydrogen-bond acceptors (Lipinski definition) is 6. The zero-order valence-corrected chi connectivity index (χ0v) is 21.2. The number of ether oxygens (including phenoxy) is 1. The molecule has 9 nitrogen and oxygen atoms in total. The monoisotopic (exact) mass is 510 g/mol. The SMILES string of the molecule is CC(C)(CC#CCN1CCOCC1)C(CS(=O)(=O)N1CCN(c2ccc(F)cc2)CC1)NC(=O)O. The van der Waals surface area contributed by atoms with E-state index in [4.69, 9.17) is 4.74 Å². The molecule has 35 heavy (non-hydrogen) atoms. The molecule has 0 aromatic heterocycles. The Labute approximate surface area is 207 Å². The number of sulfonamides is 1. The highest BCUT2D eigenvalue weighted by molar-refractivity contribution is 7.89. The number of rotatable bonds is 8. The molecule has 0 radical (unpaired) electrons. The van der Waals surface area contributed by atoms with Crippen molar-refractivity contribution in [2.45, 2.75) is 26.3 Å². The van der Waals surface area contributed by atoms with Crippen molar-refractivity contribution in [1.29, 1.82) is 0 Å². The lowest BCUT2D eigenvalue weighted by Crippen LogP contribution is -2.54. The van der Waals surface area contributed by atoms with Gasteiger partial charge in [-0.15, -0.1) is 5.92 Å². The van der Waals surface area contributed by atoms with E-state index in [1.54, 1.807) is 12.1 Å². The molecule has 1 atom stereocenters. The van der Waals surface area contributed by atoms with Crippen LogP contribution in [0.5, 0.6) is 0 Å². The van der Waals surface area contributed by atoms with E-state index in [1.807, 2.05) is 18.7 Å². The normalized spacial score (nSPS) is 19.0. The Balaban J connectivity index is 1.59. The van der Waals surface area contributed by atoms with Crippen LogP contribution in [0, 0.1) is 23.1 Å². The first kappa shape index (κ1) is 27.2. The third-order valence-corrected chi connectivity index (χ3v) is 8.42. The molecule has 11 heteroatoms. The van der Waals surface area contributed by atoms with Gasteiger partial charge in [0.25, 0.3) is 0 Å². The fraction of sp³-hybridized carbons (Fsp3) is 0.625. The van der Waals surface area contributed by atoms with E-state index in [9.17, 15) is 22.7 Å². The van der Waals surface area contributed by atoms with Gasteiger partial charge in [-0.25, -0.2) is 17.6 Å². The Bertz CT molecular complexity index is 1010. The van der Waals surface area contributed by atoms with Crippen molar-refractivity contribution in [2.75, 3.05) is 69.7 Å². The first-order valence-corrected chi connectivity index (χ1v) is 13.4. The molecule has 2 aliphatic heterocycles. The summed E-state index contributed by atoms with van der Waals surface area (Å²) >= 11 is 0. The number of halogens is 1. The van der Waals surface area contributed by atoms with E-state index in [0.29, 0.717) is 39.3 Å². The molecule has 0 saturated carbocycles. The van der Waals surface area contributed by atoms with Gasteiger partial charge in [-0.3, -0.25) is 4.90 Å². The van der Waals surface area contributed by atoms with Crippen LogP contribution in [0.25, 0.3) is 0 Å². The molecular formula is C24H35FN4O5S. The Hall–Kier alpha value is -2.39. The summed E-state index contributed by atoms with van der Waals surface area (Å²) in [5, 5.41) is 11.8. The van der Waals surface area contributed by atoms with E-state index in [1.165, 1.54) is 16.4 Å². The summed E-state index contributed by atoms with van der Waals surface area (Å²) in [6, 6.07) is 5.29. The topological polar surface area (TPSA) is 102 Å². The third-order valence-electron chi connectivity index (χ3n) is 6.52. The maximum atomic E-state index is 13.2. The van der Waals surface area contributed by atoms with Gasteiger partial charge in [0, 0.05) is 51.4 Å². The number of hydrogen-bond donors (Lipinski definition) is 2. The number of benzene rings is 1. The average Bonchev–Trinajstić information content (AvgIpc) is 2.82. The van der Waals surface area contributed by atoms with Gasteiger partial charge >= 0.3 is 6.09 Å². The maximum Gasteiger partial charge on any atom is 0.404 e. The first-order chi connectivity index (χ1) is 16.6. The molecule has 0 aliphatic carbocycles. The Morgan fingerprint density at radius 3 is 2.34 bits per heavy atom. The highest BCUT2D eigenvalue weighted by Crippen LogP contribution is 2.27. The predicted octanol–water partition coefficient (Wildman–Crippen LogP) is 1.67. The van der Waals surface area contributed by atoms with E-state index < -0.39 is 27.6 Å². The van der Waals surface area contributed by atoms with Crippen LogP contribution in [-0.2, 0) is 14.8 Å². The van der Waals surface area contributed by atoms with Gasteiger partial charge < -0.3 is 20.1 Å². The van der Waals surface area contributed by atoms with Crippen LogP contribution < -0.4 is 10.2 Å². The molecule has 2 saturated heterocycles. The van der Waals surface area contributed by atoms with Crippen LogP contribution >= 0.6 is 0 Å². The van der Waals surface area contributed by atoms with Crippen molar-refractivity contribution in [3.63, 3.8) is 0 Å². The van der Waals surface area contributed by atoms with Crippen LogP contribution in [0.1, 0.15) is 20.3 Å². The molecule has 3 rings (SSSR count). The number of nitrogens with one attached hydrogen (secondary N) is 1. The molecule has 0 bridgehead atoms. The Kier molecular flexibility index (Phi) is 9.35. The van der Waals surface area contributed by atoms with E-state index in [0.717, 1.165) is 18.8 Å². The van der Waals surface area contributed by atoms with Gasteiger partial charge in [-0.05, 0) is 29.7 Å². The zero-order chi connectivity index (χ0) is 25.5. The number of carboxylic acid groups (broad SMARTS) is 1. The summed E-state index contributed by atoms with van der Waals surface area (Å²) in [4.78, 5) is 15.7. The molecule has 2 N–H and O–H groups in total. The van der Waals surface area contributed by atoms with Crippen molar-refractivity contribution in [3.05, 3.63) is 30.1 Å². The summed E-state index contributed by atoms with van der Waals surface area (Å²) in [5.74, 6) is 5.58. The number of piperazine rings is 1. The standard InChI is InChI=1S/C24H35FN4O5S/c1-24(2,9-3-4-10-27-15-17-34-18-16-27)22(26-23(30)31)19-35(32,33)29-13-11-28(12-14-29)21-7-5-20(25)6-8-21/h5-8,22,26H,9-19H2,1-2H3,(H,30,31). The third kappa shape index (κ3) is 8.07. The second-order valence-corrected chi connectivity index (χ2v) is 11.6. The minimum absolute atomic E-state index is 0.277. The van der Waals surface area contributed by atoms with Crippen LogP contribution in [0.2, 0.25) is 0 Å². The number of carbonyl (C=O) groups is 1. The van der Waals surface area contributed by atoms with Gasteiger partial charge in [-0.1, -0.05) is 19.8 Å². The molecule has 2 fully saturated rings. The van der Waals surface area contributed by atoms with Gasteiger partial charge in [-0.2, -0.15) is 4.31 Å². The van der Waals surface area contributed by atoms with Gasteiger partial charge in [0.15, 0.2) is 0 Å². The van der Waals surface area contributed by atoms with Crippen molar-refractivity contribution in [1.82, 2.24) is 14.5 Å². The fourth-order valence-electron chi connectivity index (χ4n) is 4.14. The molecule has 0 spiro atoms. The molecular weight excluding hydrogens is 475 g/mol. The van der Waals surface area contributed by atoms with E-state index >= 15 is 0 Å². The highest BCUT2D eigenvalue weighted by Gasteiger charge is 2.37. The van der Waals surface area contributed by atoms with Crippen molar-refractivity contribution < 1.29 is 27.4 Å². The van der Waals surface area contributed by atoms with Crippen LogP contribution in [-0.4, -0.2) is 99.6 Å². The molecule has 1 aromatic rings. The summed E-state index contributed by atoms with van der Waals surface area (Å²) in [5.41, 5.74) is 0.144. The number of nitrogens with zero attached hydrogens (tertiary/aromatic N) is 3. The summed E-state index contributed by atoms with van der Waals surface area (Å²) in [7, 11) is -3.72. The second-order valence-electron chi connectivity index (χ2n) is 9.55. The van der Waals surface area contributed by atoms with E-state index in [2.05, 4.69) is 22.1 Å². The van der Waals surface area contributed by atoms with Gasteiger partial charge in [0.05, 0.1) is 31.6 Å². The molecule has 194 valence electrons. The minimum Gasteiger partial charge on any atom is -0.465 e. The van der Waals surface area contributed by atoms with Crippen molar-refractivity contribution >= 4 is 21.8 Å². The number of amides is 1. The summed E-state index contributed by atoms with van der Waals surface area (Å²) in [6.45, 7) is 8.80. The molecule has 2 heterocycles. The minimum atomic E-state index is -3.72. The predicted molar refractivity (Wildman–Crippen MR) is 132 cm³/mol. The highest BCUT2D eigenvalue weighted by atomic mass is 32.2. The van der Waals surface area contributed by atoms with Gasteiger partial charge in [0.2, 0.25) is 10.0 Å². The first-order valence-electron chi connectivity index (χ1n) is 11.8. The Morgan fingerprint density at radius 1 is 1.11 bits per heavy atom. The molecule has 1 aromatic carbocycles. The zero-order valence-electron chi connectivity index (χ0n) is 20.4. The van der Waals surface area contributed by atoms with Crippen LogP contribution in [0.4, 0.5) is 14.9 Å². The summed E-state index contributed by atoms with van der Waals surface area (Å²) in [6.07, 6.45) is -0.906. The Morgan fingerprint density at radius 2 is 1.74 bits per heavy atom. The smallest absolute Gasteiger partial charge is 0.404 e. The fourth-order valence-corrected chi connectivity index (χ4v) is 6.03. The van der Waals surface area contributed by atoms with Crippen LogP contribution in [0.3, 0.4) is 0 Å². The largest absolute Gasteiger partial charge is 0.465 e. The second kappa shape index (κ2) is 12.0. The lowest BCUT2D eigenvalue weighted by atomic mass is 9.82. The van der Waals surface area contributed by atoms with Gasteiger partial charge in [0.1, 0.15) is 5.82 Å². The van der Waals surface area contributed by atoms with Crippen molar-refractivity contribution in [2.24, 2.45) is 5.41 Å². The van der Waals surface area contributed by atoms with E-state index in [-0.39, 0.29) is 24.7 Å². The lowest BCUT2D eigenvalue weighted by Gasteiger charge is -2.38. The summed E-state index contributed by atoms with van der Waals surface area (Å²) < 4.78 is 46.4. The molecule has 1 amide bonds. The molecule has 1 unspecified atom stereocenters. The maximum absolute atomic E-state index is 13.2. The number of anilines is 1. The average molecular weight is 511 g/mol. The molecule has 2 aliphatic rings. The van der Waals surface area contributed by atoms with Crippen molar-refractivity contribution in [3.8, 4) is 11.8 Å². The lowest BCUT2D eigenvalue weighted by molar-refractivity contribution is 0.0443. The quantitative estimate of drug-likeness (QED) is 0.513.